The number of fused-ring (bicyclic) bond motifs is 6. The first-order valence-corrected chi connectivity index (χ1v) is 16.6. The van der Waals surface area contributed by atoms with Crippen molar-refractivity contribution in [3.8, 4) is 11.4 Å². The van der Waals surface area contributed by atoms with Gasteiger partial charge < -0.3 is 24.8 Å². The highest BCUT2D eigenvalue weighted by atomic mass is 28.3. The molecule has 1 aliphatic carbocycles. The van der Waals surface area contributed by atoms with Crippen molar-refractivity contribution in [2.45, 2.75) is 77.0 Å². The number of aryl methyl sites for hydroxylation is 2. The maximum atomic E-state index is 13.2. The van der Waals surface area contributed by atoms with Gasteiger partial charge in [-0.05, 0) is 68.0 Å². The van der Waals surface area contributed by atoms with Crippen LogP contribution in [0.3, 0.4) is 0 Å². The molecule has 9 heteroatoms. The lowest BCUT2D eigenvalue weighted by Crippen LogP contribution is -2.41. The molecule has 194 valence electrons. The highest BCUT2D eigenvalue weighted by Crippen LogP contribution is 2.46. The van der Waals surface area contributed by atoms with Gasteiger partial charge in [-0.15, -0.1) is 0 Å². The molecule has 0 saturated heterocycles. The Labute approximate surface area is 213 Å². The van der Waals surface area contributed by atoms with Crippen molar-refractivity contribution in [3.63, 3.8) is 0 Å². The van der Waals surface area contributed by atoms with Gasteiger partial charge in [0, 0.05) is 37.5 Å². The molecular formula is C27H38N4O4Si. The predicted molar refractivity (Wildman–Crippen MR) is 144 cm³/mol. The fourth-order valence-corrected chi connectivity index (χ4v) is 6.15. The van der Waals surface area contributed by atoms with Crippen LogP contribution >= 0.6 is 0 Å². The van der Waals surface area contributed by atoms with Crippen molar-refractivity contribution in [1.29, 1.82) is 0 Å². The molecular weight excluding hydrogens is 472 g/mol. The van der Waals surface area contributed by atoms with E-state index in [-0.39, 0.29) is 19.1 Å². The largest absolute Gasteiger partial charge is 0.394 e. The third-order valence-electron chi connectivity index (χ3n) is 7.54. The maximum absolute atomic E-state index is 13.2. The Bertz CT molecular complexity index is 1300. The Morgan fingerprint density at radius 1 is 1.25 bits per heavy atom. The zero-order valence-electron chi connectivity index (χ0n) is 22.0. The molecule has 36 heavy (non-hydrogen) atoms. The summed E-state index contributed by atoms with van der Waals surface area (Å²) in [6.07, 6.45) is 4.04. The molecule has 0 saturated carbocycles. The molecule has 3 aromatic rings. The number of nitrogens with zero attached hydrogens (tertiary/aromatic N) is 3. The Balaban J connectivity index is 1.50. The highest BCUT2D eigenvalue weighted by Gasteiger charge is 2.45. The SMILES string of the molecule is CC1(C)C(=O)N(CC(O)CO)c2cc3c4c([nH]c3cc21)-c1nn(COCC[Si](C)(C)C)cc1CCC4. The van der Waals surface area contributed by atoms with Gasteiger partial charge in [0.2, 0.25) is 5.91 Å². The summed E-state index contributed by atoms with van der Waals surface area (Å²) in [5.74, 6) is -0.0566. The fraction of sp³-hybridized carbons (Fsp3) is 0.556. The fourth-order valence-electron chi connectivity index (χ4n) is 5.40. The Morgan fingerprint density at radius 3 is 2.75 bits per heavy atom. The van der Waals surface area contributed by atoms with Crippen LogP contribution in [0.4, 0.5) is 5.69 Å². The molecule has 1 aromatic carbocycles. The van der Waals surface area contributed by atoms with Gasteiger partial charge in [-0.3, -0.25) is 4.79 Å². The van der Waals surface area contributed by atoms with Crippen molar-refractivity contribution in [2.24, 2.45) is 0 Å². The smallest absolute Gasteiger partial charge is 0.237 e. The van der Waals surface area contributed by atoms with Gasteiger partial charge in [-0.25, -0.2) is 4.68 Å². The molecule has 1 atom stereocenters. The van der Waals surface area contributed by atoms with Crippen molar-refractivity contribution in [2.75, 3.05) is 24.7 Å². The number of amides is 1. The van der Waals surface area contributed by atoms with E-state index in [2.05, 4.69) is 43.0 Å². The molecule has 3 N–H and O–H groups in total. The van der Waals surface area contributed by atoms with E-state index >= 15 is 0 Å². The second kappa shape index (κ2) is 9.13. The number of aliphatic hydroxyl groups is 2. The minimum absolute atomic E-state index is 0.0566. The second-order valence-corrected chi connectivity index (χ2v) is 17.6. The van der Waals surface area contributed by atoms with Gasteiger partial charge in [0.05, 0.1) is 30.4 Å². The number of nitrogens with one attached hydrogen (secondary N) is 1. The molecule has 1 aliphatic heterocycles. The molecule has 0 spiro atoms. The third kappa shape index (κ3) is 4.42. The van der Waals surface area contributed by atoms with E-state index in [0.717, 1.165) is 65.5 Å². The highest BCUT2D eigenvalue weighted by molar-refractivity contribution is 6.76. The van der Waals surface area contributed by atoms with Gasteiger partial charge in [-0.1, -0.05) is 19.6 Å². The lowest BCUT2D eigenvalue weighted by molar-refractivity contribution is -0.122. The number of aromatic nitrogens is 3. The number of anilines is 1. The molecule has 0 radical (unpaired) electrons. The van der Waals surface area contributed by atoms with E-state index < -0.39 is 19.6 Å². The Morgan fingerprint density at radius 2 is 2.03 bits per heavy atom. The number of H-pyrrole nitrogens is 1. The average Bonchev–Trinajstić information content (AvgIpc) is 3.39. The molecule has 5 rings (SSSR count). The summed E-state index contributed by atoms with van der Waals surface area (Å²) >= 11 is 0. The normalized spacial score (nSPS) is 17.8. The number of carbonyl (C=O) groups excluding carboxylic acids is 1. The topological polar surface area (TPSA) is 104 Å². The summed E-state index contributed by atoms with van der Waals surface area (Å²) in [6, 6.07) is 5.30. The van der Waals surface area contributed by atoms with E-state index in [4.69, 9.17) is 9.84 Å². The maximum Gasteiger partial charge on any atom is 0.237 e. The monoisotopic (exact) mass is 510 g/mol. The predicted octanol–water partition coefficient (Wildman–Crippen LogP) is 3.81. The number of β-amino-alcohol motifs (C(OH)–C–C–N with tert-alkyl or cyclic N) is 1. The van der Waals surface area contributed by atoms with Crippen LogP contribution in [0, 0.1) is 0 Å². The van der Waals surface area contributed by atoms with Gasteiger partial charge in [0.1, 0.15) is 12.4 Å². The van der Waals surface area contributed by atoms with Crippen molar-refractivity contribution in [1.82, 2.24) is 14.8 Å². The first-order valence-electron chi connectivity index (χ1n) is 12.9. The number of aromatic amines is 1. The van der Waals surface area contributed by atoms with Crippen LogP contribution in [0.1, 0.15) is 37.0 Å². The molecule has 8 nitrogen and oxygen atoms in total. The number of rotatable bonds is 8. The third-order valence-corrected chi connectivity index (χ3v) is 9.24. The van der Waals surface area contributed by atoms with Crippen LogP contribution in [0.15, 0.2) is 18.3 Å². The minimum atomic E-state index is -1.13. The van der Waals surface area contributed by atoms with Gasteiger partial charge in [0.15, 0.2) is 0 Å². The van der Waals surface area contributed by atoms with E-state index in [9.17, 15) is 15.0 Å². The molecule has 0 bridgehead atoms. The van der Waals surface area contributed by atoms with Gasteiger partial charge in [0.25, 0.3) is 0 Å². The lowest BCUT2D eigenvalue weighted by atomic mass is 9.85. The molecule has 1 unspecified atom stereocenters. The van der Waals surface area contributed by atoms with Crippen LogP contribution in [0.5, 0.6) is 0 Å². The standard InChI is InChI=1S/C27H38N4O4Si/c1-27(2)21-12-22-20(11-23(21)31(26(27)34)14-18(33)15-32)19-8-6-7-17-13-30(29-24(17)25(19)28-22)16-35-9-10-36(3,4)5/h11-13,18,28,32-33H,6-10,14-16H2,1-5H3. The average molecular weight is 511 g/mol. The summed E-state index contributed by atoms with van der Waals surface area (Å²) in [6.45, 7) is 11.8. The van der Waals surface area contributed by atoms with E-state index in [1.54, 1.807) is 4.90 Å². The van der Waals surface area contributed by atoms with Crippen LogP contribution in [0.2, 0.25) is 25.7 Å². The van der Waals surface area contributed by atoms with Crippen LogP contribution in [0.25, 0.3) is 22.3 Å². The summed E-state index contributed by atoms with van der Waals surface area (Å²) in [5.41, 5.74) is 6.52. The number of benzene rings is 1. The first-order chi connectivity index (χ1) is 17.0. The number of ether oxygens (including phenoxy) is 1. The van der Waals surface area contributed by atoms with Gasteiger partial charge >= 0.3 is 0 Å². The van der Waals surface area contributed by atoms with Crippen molar-refractivity contribution >= 4 is 30.6 Å². The molecule has 1 amide bonds. The van der Waals surface area contributed by atoms with Crippen molar-refractivity contribution < 1.29 is 19.7 Å². The summed E-state index contributed by atoms with van der Waals surface area (Å²) in [5, 5.41) is 25.5. The quantitative estimate of drug-likeness (QED) is 0.316. The zero-order valence-corrected chi connectivity index (χ0v) is 23.0. The molecule has 2 aliphatic rings. The Kier molecular flexibility index (Phi) is 6.39. The second-order valence-electron chi connectivity index (χ2n) is 12.0. The van der Waals surface area contributed by atoms with E-state index in [0.29, 0.717) is 6.73 Å². The molecule has 3 heterocycles. The first kappa shape index (κ1) is 25.2. The van der Waals surface area contributed by atoms with Gasteiger partial charge in [-0.2, -0.15) is 5.10 Å². The summed E-state index contributed by atoms with van der Waals surface area (Å²) in [7, 11) is -1.13. The van der Waals surface area contributed by atoms with Crippen LogP contribution in [-0.2, 0) is 34.5 Å². The molecule has 0 fully saturated rings. The number of carbonyl (C=O) groups is 1. The number of aliphatic hydroxyl groups excluding tert-OH is 2. The van der Waals surface area contributed by atoms with Crippen molar-refractivity contribution in [3.05, 3.63) is 35.0 Å². The van der Waals surface area contributed by atoms with Crippen LogP contribution < -0.4 is 4.90 Å². The summed E-state index contributed by atoms with van der Waals surface area (Å²) < 4.78 is 7.85. The van der Waals surface area contributed by atoms with E-state index in [1.165, 1.54) is 11.1 Å². The van der Waals surface area contributed by atoms with Crippen LogP contribution in [-0.4, -0.2) is 64.8 Å². The zero-order chi connectivity index (χ0) is 25.8. The van der Waals surface area contributed by atoms with E-state index in [1.807, 2.05) is 18.5 Å². The number of hydrogen-bond donors (Lipinski definition) is 3. The number of hydrogen-bond acceptors (Lipinski definition) is 5. The molecule has 2 aromatic heterocycles. The lowest BCUT2D eigenvalue weighted by Gasteiger charge is -2.22. The summed E-state index contributed by atoms with van der Waals surface area (Å²) in [4.78, 5) is 18.5. The minimum Gasteiger partial charge on any atom is -0.394 e. The Hall–Kier alpha value is -2.46.